The van der Waals surface area contributed by atoms with Gasteiger partial charge in [-0.3, -0.25) is 4.98 Å². The molecule has 0 amide bonds. The van der Waals surface area contributed by atoms with Crippen LogP contribution in [0.25, 0.3) is 10.8 Å². The van der Waals surface area contributed by atoms with Crippen LogP contribution >= 0.6 is 11.6 Å². The average Bonchev–Trinajstić information content (AvgIpc) is 3.35. The third-order valence-corrected chi connectivity index (χ3v) is 6.79. The second kappa shape index (κ2) is 6.47. The largest absolute Gasteiger partial charge is 0.356 e. The normalized spacial score (nSPS) is 26.7. The molecule has 0 radical (unpaired) electrons. The number of nitrogens with one attached hydrogen (secondary N) is 3. The molecule has 3 N–H and O–H groups in total. The number of allylic oxidation sites excluding steroid dienone is 1. The maximum atomic E-state index is 6.42. The number of nitrogens with zero attached hydrogens (tertiary/aromatic N) is 2. The number of hydrogen-bond donors (Lipinski definition) is 3. The SMILES string of the molecule is CC1(C2=NNC3CCC(c4cncc5ccccc45)C=C23)Nc2cccc(Cl)c2N1. The molecule has 0 saturated carbocycles. The Morgan fingerprint density at radius 1 is 1.03 bits per heavy atom. The standard InChI is InChI=1S/C24H22ClN5/c1-24(27-21-8-4-7-19(25)22(21)28-24)23-17-11-14(9-10-20(17)29-30-23)18-13-26-12-15-5-2-3-6-16(15)18/h2-8,11-14,20,27-29H,9-10H2,1H3. The number of hydrogen-bond acceptors (Lipinski definition) is 5. The minimum atomic E-state index is -0.514. The molecule has 1 aliphatic carbocycles. The molecule has 6 heteroatoms. The van der Waals surface area contributed by atoms with Gasteiger partial charge in [0.05, 0.1) is 22.4 Å². The number of benzene rings is 2. The lowest BCUT2D eigenvalue weighted by atomic mass is 9.79. The van der Waals surface area contributed by atoms with Crippen molar-refractivity contribution in [3.05, 3.63) is 77.1 Å². The summed E-state index contributed by atoms with van der Waals surface area (Å²) < 4.78 is 0. The molecular formula is C24H22ClN5. The van der Waals surface area contributed by atoms with Gasteiger partial charge in [0.25, 0.3) is 0 Å². The monoisotopic (exact) mass is 415 g/mol. The van der Waals surface area contributed by atoms with Crippen LogP contribution in [0.1, 0.15) is 31.2 Å². The summed E-state index contributed by atoms with van der Waals surface area (Å²) >= 11 is 6.42. The number of para-hydroxylation sites is 1. The van der Waals surface area contributed by atoms with Crippen LogP contribution in [-0.4, -0.2) is 22.4 Å². The second-order valence-corrected chi connectivity index (χ2v) is 8.84. The van der Waals surface area contributed by atoms with Crippen LogP contribution in [-0.2, 0) is 0 Å². The number of pyridine rings is 1. The highest BCUT2D eigenvalue weighted by Crippen LogP contribution is 2.43. The first-order valence-corrected chi connectivity index (χ1v) is 10.7. The summed E-state index contributed by atoms with van der Waals surface area (Å²) in [7, 11) is 0. The first kappa shape index (κ1) is 17.8. The van der Waals surface area contributed by atoms with Crippen LogP contribution in [0, 0.1) is 0 Å². The Morgan fingerprint density at radius 2 is 1.93 bits per heavy atom. The summed E-state index contributed by atoms with van der Waals surface area (Å²) in [5, 5.41) is 15.1. The molecule has 3 heterocycles. The Kier molecular flexibility index (Phi) is 3.84. The molecule has 0 fully saturated rings. The first-order valence-electron chi connectivity index (χ1n) is 10.4. The molecule has 6 rings (SSSR count). The fourth-order valence-electron chi connectivity index (χ4n) is 5.01. The predicted molar refractivity (Wildman–Crippen MR) is 123 cm³/mol. The average molecular weight is 416 g/mol. The van der Waals surface area contributed by atoms with Gasteiger partial charge in [-0.15, -0.1) is 0 Å². The topological polar surface area (TPSA) is 61.3 Å². The van der Waals surface area contributed by atoms with Gasteiger partial charge >= 0.3 is 0 Å². The number of rotatable bonds is 2. The molecule has 3 aromatic rings. The van der Waals surface area contributed by atoms with E-state index in [4.69, 9.17) is 16.7 Å². The van der Waals surface area contributed by atoms with Crippen LogP contribution in [0.4, 0.5) is 11.4 Å². The maximum Gasteiger partial charge on any atom is 0.151 e. The highest BCUT2D eigenvalue weighted by atomic mass is 35.5. The summed E-state index contributed by atoms with van der Waals surface area (Å²) in [6.45, 7) is 2.12. The summed E-state index contributed by atoms with van der Waals surface area (Å²) in [5.41, 5.74) is 8.31. The molecule has 0 bridgehead atoms. The highest BCUT2D eigenvalue weighted by molar-refractivity contribution is 6.34. The van der Waals surface area contributed by atoms with Crippen molar-refractivity contribution in [2.75, 3.05) is 10.6 Å². The van der Waals surface area contributed by atoms with Crippen molar-refractivity contribution in [3.8, 4) is 0 Å². The molecular weight excluding hydrogens is 394 g/mol. The van der Waals surface area contributed by atoms with Crippen LogP contribution in [0.2, 0.25) is 5.02 Å². The fourth-order valence-corrected chi connectivity index (χ4v) is 5.23. The molecule has 2 aliphatic heterocycles. The minimum Gasteiger partial charge on any atom is -0.356 e. The van der Waals surface area contributed by atoms with Gasteiger partial charge in [-0.05, 0) is 42.8 Å². The zero-order valence-electron chi connectivity index (χ0n) is 16.6. The van der Waals surface area contributed by atoms with Gasteiger partial charge in [0.2, 0.25) is 0 Å². The molecule has 3 aliphatic rings. The van der Waals surface area contributed by atoms with E-state index in [0.717, 1.165) is 29.9 Å². The molecule has 0 saturated heterocycles. The summed E-state index contributed by atoms with van der Waals surface area (Å²) in [6.07, 6.45) is 8.46. The molecule has 1 aromatic heterocycles. The fraction of sp³-hybridized carbons (Fsp3) is 0.250. The molecule has 5 nitrogen and oxygen atoms in total. The van der Waals surface area contributed by atoms with Crippen molar-refractivity contribution in [1.29, 1.82) is 0 Å². The van der Waals surface area contributed by atoms with E-state index < -0.39 is 5.66 Å². The maximum absolute atomic E-state index is 6.42. The van der Waals surface area contributed by atoms with E-state index >= 15 is 0 Å². The lowest BCUT2D eigenvalue weighted by molar-refractivity contribution is 0.523. The molecule has 30 heavy (non-hydrogen) atoms. The molecule has 3 atom stereocenters. The molecule has 2 aromatic carbocycles. The Bertz CT molecular complexity index is 1230. The number of hydrazone groups is 1. The predicted octanol–water partition coefficient (Wildman–Crippen LogP) is 5.27. The van der Waals surface area contributed by atoms with Gasteiger partial charge in [-0.25, -0.2) is 0 Å². The van der Waals surface area contributed by atoms with Crippen molar-refractivity contribution in [2.24, 2.45) is 5.10 Å². The Hall–Kier alpha value is -3.05. The van der Waals surface area contributed by atoms with Crippen molar-refractivity contribution in [2.45, 2.75) is 37.4 Å². The lowest BCUT2D eigenvalue weighted by Gasteiger charge is -2.31. The van der Waals surface area contributed by atoms with Crippen molar-refractivity contribution >= 4 is 39.5 Å². The van der Waals surface area contributed by atoms with Gasteiger partial charge in [-0.1, -0.05) is 48.0 Å². The number of aromatic nitrogens is 1. The zero-order chi connectivity index (χ0) is 20.3. The number of fused-ring (bicyclic) bond motifs is 3. The van der Waals surface area contributed by atoms with Gasteiger partial charge in [0, 0.05) is 29.3 Å². The van der Waals surface area contributed by atoms with Crippen LogP contribution in [0.5, 0.6) is 0 Å². The van der Waals surface area contributed by atoms with Gasteiger partial charge in [-0.2, -0.15) is 5.10 Å². The summed E-state index contributed by atoms with van der Waals surface area (Å²) in [4.78, 5) is 4.51. The van der Waals surface area contributed by atoms with Gasteiger partial charge in [0.15, 0.2) is 5.66 Å². The van der Waals surface area contributed by atoms with Crippen LogP contribution in [0.3, 0.4) is 0 Å². The van der Waals surface area contributed by atoms with Crippen LogP contribution in [0.15, 0.2) is 71.6 Å². The Balaban J connectivity index is 1.39. The number of anilines is 2. The van der Waals surface area contributed by atoms with Gasteiger partial charge in [0.1, 0.15) is 5.71 Å². The lowest BCUT2D eigenvalue weighted by Crippen LogP contribution is -2.47. The molecule has 3 unspecified atom stereocenters. The van der Waals surface area contributed by atoms with E-state index in [1.165, 1.54) is 21.9 Å². The zero-order valence-corrected chi connectivity index (χ0v) is 17.4. The smallest absolute Gasteiger partial charge is 0.151 e. The van der Waals surface area contributed by atoms with Crippen LogP contribution < -0.4 is 16.1 Å². The summed E-state index contributed by atoms with van der Waals surface area (Å²) in [5.74, 6) is 0.316. The molecule has 0 spiro atoms. The molecule has 150 valence electrons. The van der Waals surface area contributed by atoms with E-state index in [2.05, 4.69) is 58.3 Å². The second-order valence-electron chi connectivity index (χ2n) is 8.44. The van der Waals surface area contributed by atoms with Crippen molar-refractivity contribution in [1.82, 2.24) is 10.4 Å². The third kappa shape index (κ3) is 2.62. The quantitative estimate of drug-likeness (QED) is 0.533. The van der Waals surface area contributed by atoms with E-state index in [0.29, 0.717) is 10.9 Å². The Morgan fingerprint density at radius 3 is 2.83 bits per heavy atom. The summed E-state index contributed by atoms with van der Waals surface area (Å²) in [6, 6.07) is 14.6. The Labute approximate surface area is 180 Å². The third-order valence-electron chi connectivity index (χ3n) is 6.47. The number of halogens is 1. The highest BCUT2D eigenvalue weighted by Gasteiger charge is 2.44. The van der Waals surface area contributed by atoms with Crippen molar-refractivity contribution in [3.63, 3.8) is 0 Å². The van der Waals surface area contributed by atoms with E-state index in [-0.39, 0.29) is 6.04 Å². The van der Waals surface area contributed by atoms with Crippen molar-refractivity contribution < 1.29 is 0 Å². The van der Waals surface area contributed by atoms with E-state index in [1.807, 2.05) is 30.6 Å². The van der Waals surface area contributed by atoms with E-state index in [9.17, 15) is 0 Å². The van der Waals surface area contributed by atoms with Gasteiger partial charge < -0.3 is 16.1 Å². The van der Waals surface area contributed by atoms with E-state index in [1.54, 1.807) is 0 Å². The minimum absolute atomic E-state index is 0.249. The first-order chi connectivity index (χ1) is 14.6.